The van der Waals surface area contributed by atoms with Gasteiger partial charge in [-0.1, -0.05) is 53.7 Å². The Balaban J connectivity index is 1.90. The van der Waals surface area contributed by atoms with Gasteiger partial charge in [0.15, 0.2) is 0 Å². The molecule has 0 bridgehead atoms. The van der Waals surface area contributed by atoms with E-state index < -0.39 is 28.0 Å². The summed E-state index contributed by atoms with van der Waals surface area (Å²) in [5.41, 5.74) is 1.72. The summed E-state index contributed by atoms with van der Waals surface area (Å²) < 4.78 is 44.5. The monoisotopic (exact) mass is 520 g/mol. The normalized spacial score (nSPS) is 18.3. The van der Waals surface area contributed by atoms with Crippen LogP contribution in [0.2, 0.25) is 0 Å². The zero-order valence-corrected chi connectivity index (χ0v) is 22.8. The van der Waals surface area contributed by atoms with E-state index in [9.17, 15) is 18.0 Å². The fourth-order valence-corrected chi connectivity index (χ4v) is 5.79. The van der Waals surface area contributed by atoms with E-state index in [1.807, 2.05) is 39.8 Å². The topological polar surface area (TPSA) is 114 Å². The molecule has 0 unspecified atom stereocenters. The standard InChI is InChI=1S/C26H36N2O7S/c1-15(2)19-12-21(16(3)4)25(22(13-19)17(5)6)36(31,32)35-23-10-11-28(26(30)27-23)24-9-8-20(34-24)14-33-18(7)29/h10-13,15-17,20,24H,8-9,14H2,1-7H3/t20-,24+/m0/s1. The first-order chi connectivity index (χ1) is 16.8. The molecule has 1 saturated heterocycles. The molecule has 0 saturated carbocycles. The Bertz CT molecular complexity index is 1240. The quantitative estimate of drug-likeness (QED) is 0.348. The van der Waals surface area contributed by atoms with Crippen LogP contribution in [0.3, 0.4) is 0 Å². The minimum Gasteiger partial charge on any atom is -0.463 e. The number of carbonyl (C=O) groups excluding carboxylic acids is 1. The lowest BCUT2D eigenvalue weighted by Crippen LogP contribution is -2.28. The molecular weight excluding hydrogens is 484 g/mol. The minimum atomic E-state index is -4.27. The Morgan fingerprint density at radius 1 is 1.08 bits per heavy atom. The molecule has 0 N–H and O–H groups in total. The molecule has 0 spiro atoms. The van der Waals surface area contributed by atoms with Crippen molar-refractivity contribution in [3.8, 4) is 5.88 Å². The van der Waals surface area contributed by atoms with Gasteiger partial charge in [-0.2, -0.15) is 13.4 Å². The zero-order chi connectivity index (χ0) is 26.8. The molecular formula is C26H36N2O7S. The van der Waals surface area contributed by atoms with Crippen LogP contribution in [0, 0.1) is 0 Å². The summed E-state index contributed by atoms with van der Waals surface area (Å²) in [6, 6.07) is 5.19. The number of aromatic nitrogens is 2. The molecule has 2 aromatic rings. The van der Waals surface area contributed by atoms with Crippen LogP contribution < -0.4 is 9.87 Å². The van der Waals surface area contributed by atoms with Crippen molar-refractivity contribution in [2.75, 3.05) is 6.61 Å². The van der Waals surface area contributed by atoms with Crippen molar-refractivity contribution >= 4 is 16.1 Å². The third-order valence-corrected chi connectivity index (χ3v) is 7.56. The maximum atomic E-state index is 13.5. The van der Waals surface area contributed by atoms with Crippen LogP contribution in [-0.2, 0) is 24.4 Å². The number of ether oxygens (including phenoxy) is 2. The summed E-state index contributed by atoms with van der Waals surface area (Å²) in [6.45, 7) is 13.3. The van der Waals surface area contributed by atoms with Gasteiger partial charge in [-0.05, 0) is 47.3 Å². The van der Waals surface area contributed by atoms with Gasteiger partial charge < -0.3 is 13.7 Å². The van der Waals surface area contributed by atoms with Gasteiger partial charge in [-0.3, -0.25) is 9.36 Å². The second kappa shape index (κ2) is 11.1. The van der Waals surface area contributed by atoms with Gasteiger partial charge >= 0.3 is 21.8 Å². The number of benzene rings is 1. The summed E-state index contributed by atoms with van der Waals surface area (Å²) in [4.78, 5) is 27.7. The van der Waals surface area contributed by atoms with E-state index in [1.165, 1.54) is 23.8 Å². The van der Waals surface area contributed by atoms with Gasteiger partial charge in [0, 0.05) is 19.2 Å². The molecule has 0 amide bonds. The van der Waals surface area contributed by atoms with Crippen LogP contribution >= 0.6 is 0 Å². The van der Waals surface area contributed by atoms with Gasteiger partial charge in [0.2, 0.25) is 5.88 Å². The molecule has 1 aromatic heterocycles. The Morgan fingerprint density at radius 3 is 2.19 bits per heavy atom. The molecule has 1 aliphatic heterocycles. The lowest BCUT2D eigenvalue weighted by Gasteiger charge is -2.22. The Labute approximate surface area is 212 Å². The van der Waals surface area contributed by atoms with Crippen LogP contribution in [-0.4, -0.2) is 36.6 Å². The zero-order valence-electron chi connectivity index (χ0n) is 22.0. The van der Waals surface area contributed by atoms with Crippen LogP contribution in [0.4, 0.5) is 0 Å². The van der Waals surface area contributed by atoms with Gasteiger partial charge in [-0.25, -0.2) is 4.79 Å². The summed E-state index contributed by atoms with van der Waals surface area (Å²) in [7, 11) is -4.27. The first-order valence-electron chi connectivity index (χ1n) is 12.3. The van der Waals surface area contributed by atoms with E-state index >= 15 is 0 Å². The first kappa shape index (κ1) is 27.9. The number of nitrogens with zero attached hydrogens (tertiary/aromatic N) is 2. The maximum Gasteiger partial charge on any atom is 0.353 e. The molecule has 0 aliphatic carbocycles. The number of carbonyl (C=O) groups is 1. The highest BCUT2D eigenvalue weighted by atomic mass is 32.2. The van der Waals surface area contributed by atoms with Crippen LogP contribution in [0.5, 0.6) is 5.88 Å². The molecule has 0 radical (unpaired) electrons. The van der Waals surface area contributed by atoms with Crippen molar-refractivity contribution < 1.29 is 26.9 Å². The van der Waals surface area contributed by atoms with Crippen molar-refractivity contribution in [2.45, 2.75) is 96.3 Å². The second-order valence-corrected chi connectivity index (χ2v) is 11.6. The maximum absolute atomic E-state index is 13.5. The summed E-state index contributed by atoms with van der Waals surface area (Å²) in [6.07, 6.45) is 1.65. The average molecular weight is 521 g/mol. The van der Waals surface area contributed by atoms with Crippen molar-refractivity contribution in [3.05, 3.63) is 51.6 Å². The molecule has 2 heterocycles. The molecule has 2 atom stereocenters. The molecule has 36 heavy (non-hydrogen) atoms. The lowest BCUT2D eigenvalue weighted by atomic mass is 9.89. The molecule has 3 rings (SSSR count). The average Bonchev–Trinajstić information content (AvgIpc) is 3.25. The highest BCUT2D eigenvalue weighted by Gasteiger charge is 2.31. The van der Waals surface area contributed by atoms with Crippen molar-refractivity contribution in [1.29, 1.82) is 0 Å². The van der Waals surface area contributed by atoms with E-state index in [0.29, 0.717) is 24.0 Å². The Hall–Kier alpha value is -2.72. The highest BCUT2D eigenvalue weighted by Crippen LogP contribution is 2.36. The van der Waals surface area contributed by atoms with E-state index in [1.54, 1.807) is 0 Å². The van der Waals surface area contributed by atoms with Crippen molar-refractivity contribution in [1.82, 2.24) is 9.55 Å². The highest BCUT2D eigenvalue weighted by molar-refractivity contribution is 7.87. The molecule has 10 heteroatoms. The predicted molar refractivity (Wildman–Crippen MR) is 135 cm³/mol. The van der Waals surface area contributed by atoms with Gasteiger partial charge in [0.05, 0.1) is 6.10 Å². The summed E-state index contributed by atoms with van der Waals surface area (Å²) in [5, 5.41) is 0. The molecule has 198 valence electrons. The van der Waals surface area contributed by atoms with E-state index in [4.69, 9.17) is 13.7 Å². The van der Waals surface area contributed by atoms with E-state index in [0.717, 1.165) is 5.56 Å². The third kappa shape index (κ3) is 6.34. The predicted octanol–water partition coefficient (Wildman–Crippen LogP) is 4.62. The fraction of sp³-hybridized carbons (Fsp3) is 0.577. The molecule has 1 aliphatic rings. The smallest absolute Gasteiger partial charge is 0.353 e. The van der Waals surface area contributed by atoms with E-state index in [2.05, 4.69) is 18.8 Å². The Morgan fingerprint density at radius 2 is 1.69 bits per heavy atom. The number of hydrogen-bond acceptors (Lipinski definition) is 8. The van der Waals surface area contributed by atoms with Gasteiger partial charge in [0.25, 0.3) is 0 Å². The van der Waals surface area contributed by atoms with Gasteiger partial charge in [-0.15, -0.1) is 0 Å². The van der Waals surface area contributed by atoms with Crippen LogP contribution in [0.15, 0.2) is 34.1 Å². The fourth-order valence-electron chi connectivity index (χ4n) is 4.22. The second-order valence-electron chi connectivity index (χ2n) is 10.1. The largest absolute Gasteiger partial charge is 0.463 e. The Kier molecular flexibility index (Phi) is 8.61. The van der Waals surface area contributed by atoms with Crippen LogP contribution in [0.1, 0.15) is 102 Å². The van der Waals surface area contributed by atoms with E-state index in [-0.39, 0.29) is 41.2 Å². The molecule has 9 nitrogen and oxygen atoms in total. The lowest BCUT2D eigenvalue weighted by molar-refractivity contribution is -0.145. The van der Waals surface area contributed by atoms with Crippen molar-refractivity contribution in [3.63, 3.8) is 0 Å². The minimum absolute atomic E-state index is 0.0602. The molecule has 1 aromatic carbocycles. The SMILES string of the molecule is CC(=O)OC[C@@H]1CC[C@H](n2ccc(OS(=O)(=O)c3c(C(C)C)cc(C(C)C)cc3C(C)C)nc2=O)O1. The molecule has 1 fully saturated rings. The van der Waals surface area contributed by atoms with Gasteiger partial charge in [0.1, 0.15) is 17.7 Å². The number of rotatable bonds is 9. The summed E-state index contributed by atoms with van der Waals surface area (Å²) in [5.74, 6) is -0.588. The van der Waals surface area contributed by atoms with Crippen LogP contribution in [0.25, 0.3) is 0 Å². The number of hydrogen-bond donors (Lipinski definition) is 0. The van der Waals surface area contributed by atoms with Crippen molar-refractivity contribution in [2.24, 2.45) is 0 Å². The first-order valence-corrected chi connectivity index (χ1v) is 13.7. The third-order valence-electron chi connectivity index (χ3n) is 6.20. The number of esters is 1. The summed E-state index contributed by atoms with van der Waals surface area (Å²) >= 11 is 0.